The molecule has 0 N–H and O–H groups in total. The van der Waals surface area contributed by atoms with Gasteiger partial charge in [0, 0.05) is 14.1 Å². The smallest absolute Gasteiger partial charge is 0.176 e. The fraction of sp³-hybridized carbons (Fsp3) is 0.571. The number of aromatic nitrogens is 2. The maximum absolute atomic E-state index is 11.5. The van der Waals surface area contributed by atoms with Gasteiger partial charge in [0.1, 0.15) is 0 Å². The first-order valence-electron chi connectivity index (χ1n) is 4.23. The third-order valence-electron chi connectivity index (χ3n) is 1.53. The standard InChI is InChI=1S/C7H12BrN3O3S/c1-4-7-6(8)5-11(9-7)15(12,13)14-10(2)3/h5H,4H2,1-3H3. The van der Waals surface area contributed by atoms with Crippen molar-refractivity contribution in [1.29, 1.82) is 0 Å². The predicted octanol–water partition coefficient (Wildman–Crippen LogP) is 0.794. The number of nitrogens with zero attached hydrogens (tertiary/aromatic N) is 3. The first kappa shape index (κ1) is 12.6. The van der Waals surface area contributed by atoms with Gasteiger partial charge in [-0.25, -0.2) is 0 Å². The van der Waals surface area contributed by atoms with Crippen LogP contribution in [0.5, 0.6) is 0 Å². The molecule has 86 valence electrons. The number of hydrogen-bond donors (Lipinski definition) is 0. The minimum absolute atomic E-state index is 0.644. The third-order valence-corrected chi connectivity index (χ3v) is 3.32. The molecule has 0 amide bonds. The molecule has 0 bridgehead atoms. The summed E-state index contributed by atoms with van der Waals surface area (Å²) in [7, 11) is -0.904. The van der Waals surface area contributed by atoms with Gasteiger partial charge in [0.05, 0.1) is 16.4 Å². The highest BCUT2D eigenvalue weighted by molar-refractivity contribution is 9.10. The highest BCUT2D eigenvalue weighted by Crippen LogP contribution is 2.16. The molecule has 1 heterocycles. The average Bonchev–Trinajstić information content (AvgIpc) is 2.45. The Hall–Kier alpha value is -0.440. The molecule has 1 rings (SSSR count). The van der Waals surface area contributed by atoms with Gasteiger partial charge < -0.3 is 0 Å². The van der Waals surface area contributed by atoms with Gasteiger partial charge in [0.2, 0.25) is 0 Å². The second-order valence-electron chi connectivity index (χ2n) is 2.99. The lowest BCUT2D eigenvalue weighted by Gasteiger charge is -2.09. The molecule has 0 unspecified atom stereocenters. The third kappa shape index (κ3) is 3.00. The summed E-state index contributed by atoms with van der Waals surface area (Å²) in [6, 6.07) is 0. The number of hydroxylamine groups is 2. The lowest BCUT2D eigenvalue weighted by atomic mass is 10.3. The fourth-order valence-electron chi connectivity index (χ4n) is 0.944. The molecule has 0 aromatic carbocycles. The van der Waals surface area contributed by atoms with E-state index in [9.17, 15) is 8.42 Å². The highest BCUT2D eigenvalue weighted by Gasteiger charge is 2.19. The van der Waals surface area contributed by atoms with Crippen molar-refractivity contribution < 1.29 is 12.7 Å². The van der Waals surface area contributed by atoms with E-state index >= 15 is 0 Å². The van der Waals surface area contributed by atoms with Gasteiger partial charge in [-0.2, -0.15) is 22.9 Å². The summed E-state index contributed by atoms with van der Waals surface area (Å²) in [5.74, 6) is 0. The number of rotatable bonds is 4. The molecule has 0 aliphatic carbocycles. The molecular formula is C7H12BrN3O3S. The fourth-order valence-corrected chi connectivity index (χ4v) is 2.51. The number of hydrogen-bond acceptors (Lipinski definition) is 5. The van der Waals surface area contributed by atoms with Gasteiger partial charge in [-0.1, -0.05) is 6.92 Å². The summed E-state index contributed by atoms with van der Waals surface area (Å²) in [5.41, 5.74) is 0.668. The van der Waals surface area contributed by atoms with Crippen LogP contribution in [0.1, 0.15) is 12.6 Å². The summed E-state index contributed by atoms with van der Waals surface area (Å²) in [4.78, 5) is 0. The summed E-state index contributed by atoms with van der Waals surface area (Å²) in [6.07, 6.45) is 2.00. The van der Waals surface area contributed by atoms with E-state index in [0.717, 1.165) is 9.15 Å². The van der Waals surface area contributed by atoms with E-state index in [4.69, 9.17) is 0 Å². The van der Waals surface area contributed by atoms with Crippen molar-refractivity contribution in [3.63, 3.8) is 0 Å². The monoisotopic (exact) mass is 297 g/mol. The van der Waals surface area contributed by atoms with Gasteiger partial charge in [0.15, 0.2) is 0 Å². The van der Waals surface area contributed by atoms with Crippen LogP contribution in [0.4, 0.5) is 0 Å². The van der Waals surface area contributed by atoms with E-state index in [-0.39, 0.29) is 0 Å². The van der Waals surface area contributed by atoms with Crippen molar-refractivity contribution in [2.75, 3.05) is 14.1 Å². The van der Waals surface area contributed by atoms with Crippen molar-refractivity contribution in [2.24, 2.45) is 0 Å². The molecule has 0 atom stereocenters. The van der Waals surface area contributed by atoms with Crippen LogP contribution >= 0.6 is 15.9 Å². The van der Waals surface area contributed by atoms with Crippen molar-refractivity contribution >= 4 is 26.2 Å². The van der Waals surface area contributed by atoms with E-state index in [2.05, 4.69) is 25.3 Å². The molecule has 1 aromatic heterocycles. The Bertz CT molecular complexity index is 440. The average molecular weight is 298 g/mol. The molecular weight excluding hydrogens is 286 g/mol. The summed E-state index contributed by atoms with van der Waals surface area (Å²) in [5, 5.41) is 4.98. The van der Waals surface area contributed by atoms with E-state index in [1.807, 2.05) is 6.92 Å². The molecule has 0 radical (unpaired) electrons. The molecule has 0 aliphatic rings. The Balaban J connectivity index is 3.05. The van der Waals surface area contributed by atoms with Crippen LogP contribution in [0, 0.1) is 0 Å². The van der Waals surface area contributed by atoms with Crippen LogP contribution in [-0.2, 0) is 21.0 Å². The minimum Gasteiger partial charge on any atom is -0.176 e. The van der Waals surface area contributed by atoms with Crippen LogP contribution in [-0.4, -0.2) is 36.8 Å². The van der Waals surface area contributed by atoms with Crippen molar-refractivity contribution in [3.05, 3.63) is 16.4 Å². The maximum Gasteiger partial charge on any atom is 0.397 e. The molecule has 0 spiro atoms. The van der Waals surface area contributed by atoms with Gasteiger partial charge >= 0.3 is 10.3 Å². The SMILES string of the molecule is CCc1nn(S(=O)(=O)ON(C)C)cc1Br. The minimum atomic E-state index is -3.87. The zero-order valence-corrected chi connectivity index (χ0v) is 11.0. The van der Waals surface area contributed by atoms with Crippen molar-refractivity contribution in [1.82, 2.24) is 14.2 Å². The molecule has 1 aromatic rings. The number of halogens is 1. The van der Waals surface area contributed by atoms with Crippen molar-refractivity contribution in [2.45, 2.75) is 13.3 Å². The van der Waals surface area contributed by atoms with Crippen molar-refractivity contribution in [3.8, 4) is 0 Å². The van der Waals surface area contributed by atoms with Crippen LogP contribution in [0.25, 0.3) is 0 Å². The lowest BCUT2D eigenvalue weighted by Crippen LogP contribution is -2.24. The van der Waals surface area contributed by atoms with Gasteiger partial charge in [-0.05, 0) is 22.4 Å². The molecule has 0 fully saturated rings. The second-order valence-corrected chi connectivity index (χ2v) is 5.23. The summed E-state index contributed by atoms with van der Waals surface area (Å²) in [6.45, 7) is 1.89. The Morgan fingerprint density at radius 2 is 2.20 bits per heavy atom. The van der Waals surface area contributed by atoms with Crippen LogP contribution in [0.2, 0.25) is 0 Å². The Kier molecular flexibility index (Phi) is 3.87. The second kappa shape index (κ2) is 4.60. The first-order chi connectivity index (χ1) is 6.86. The highest BCUT2D eigenvalue weighted by atomic mass is 79.9. The van der Waals surface area contributed by atoms with Crippen LogP contribution in [0.15, 0.2) is 10.7 Å². The molecule has 0 saturated heterocycles. The van der Waals surface area contributed by atoms with Gasteiger partial charge in [-0.3, -0.25) is 0 Å². The zero-order valence-electron chi connectivity index (χ0n) is 8.64. The molecule has 15 heavy (non-hydrogen) atoms. The molecule has 0 aliphatic heterocycles. The quantitative estimate of drug-likeness (QED) is 0.769. The molecule has 6 nitrogen and oxygen atoms in total. The summed E-state index contributed by atoms with van der Waals surface area (Å²) >= 11 is 3.22. The molecule has 8 heteroatoms. The van der Waals surface area contributed by atoms with Gasteiger partial charge in [0.25, 0.3) is 0 Å². The van der Waals surface area contributed by atoms with Crippen LogP contribution in [0.3, 0.4) is 0 Å². The number of aryl methyl sites for hydroxylation is 1. The largest absolute Gasteiger partial charge is 0.397 e. The Morgan fingerprint density at radius 3 is 2.60 bits per heavy atom. The van der Waals surface area contributed by atoms with E-state index in [1.165, 1.54) is 20.3 Å². The zero-order chi connectivity index (χ0) is 11.6. The maximum atomic E-state index is 11.5. The normalized spacial score (nSPS) is 12.3. The van der Waals surface area contributed by atoms with E-state index < -0.39 is 10.3 Å². The lowest BCUT2D eigenvalue weighted by molar-refractivity contribution is 0.00275. The first-order valence-corrected chi connectivity index (χ1v) is 6.39. The molecule has 0 saturated carbocycles. The van der Waals surface area contributed by atoms with E-state index in [0.29, 0.717) is 16.6 Å². The van der Waals surface area contributed by atoms with Gasteiger partial charge in [-0.15, -0.1) is 4.09 Å². The van der Waals surface area contributed by atoms with E-state index in [1.54, 1.807) is 0 Å². The predicted molar refractivity (Wildman–Crippen MR) is 58.4 cm³/mol. The topological polar surface area (TPSA) is 64.4 Å². The Morgan fingerprint density at radius 1 is 1.60 bits per heavy atom. The van der Waals surface area contributed by atoms with Crippen LogP contribution < -0.4 is 0 Å². The summed E-state index contributed by atoms with van der Waals surface area (Å²) < 4.78 is 29.2. The Labute approximate surface area is 97.2 Å².